The van der Waals surface area contributed by atoms with E-state index in [0.717, 1.165) is 37.3 Å². The molecule has 0 radical (unpaired) electrons. The number of anilines is 4. The van der Waals surface area contributed by atoms with Crippen molar-refractivity contribution in [2.75, 3.05) is 29.0 Å². The zero-order valence-electron chi connectivity index (χ0n) is 12.4. The van der Waals surface area contributed by atoms with E-state index in [9.17, 15) is 0 Å². The summed E-state index contributed by atoms with van der Waals surface area (Å²) in [5, 5.41) is 7.44. The normalized spacial score (nSPS) is 15.2. The molecule has 2 aromatic heterocycles. The highest BCUT2D eigenvalue weighted by Gasteiger charge is 2.16. The minimum Gasteiger partial charge on any atom is -0.368 e. The van der Waals surface area contributed by atoms with Crippen LogP contribution in [0.25, 0.3) is 0 Å². The third-order valence-corrected chi connectivity index (χ3v) is 3.54. The molecule has 1 aliphatic heterocycles. The molecule has 1 aliphatic rings. The van der Waals surface area contributed by atoms with Gasteiger partial charge in [0.05, 0.1) is 11.4 Å². The standard InChI is InChI=1S/C13H20N8/c1-9-10(8-20(2)19-9)15-12-16-11(14)17-13(18-12)21-6-4-3-5-7-21/h8H,3-7H2,1-2H3,(H3,14,15,16,17,18). The van der Waals surface area contributed by atoms with Gasteiger partial charge in [-0.25, -0.2) is 0 Å². The first-order valence-electron chi connectivity index (χ1n) is 7.15. The van der Waals surface area contributed by atoms with Crippen LogP contribution in [0.15, 0.2) is 6.20 Å². The molecule has 0 spiro atoms. The van der Waals surface area contributed by atoms with Crippen molar-refractivity contribution in [1.82, 2.24) is 24.7 Å². The van der Waals surface area contributed by atoms with Crippen molar-refractivity contribution in [2.45, 2.75) is 26.2 Å². The molecule has 0 unspecified atom stereocenters. The SMILES string of the molecule is Cc1nn(C)cc1Nc1nc(N)nc(N2CCCCC2)n1. The van der Waals surface area contributed by atoms with Crippen LogP contribution in [-0.2, 0) is 7.05 Å². The van der Waals surface area contributed by atoms with E-state index in [4.69, 9.17) is 5.73 Å². The third kappa shape index (κ3) is 3.04. The Labute approximate surface area is 123 Å². The average Bonchev–Trinajstić information content (AvgIpc) is 2.77. The maximum Gasteiger partial charge on any atom is 0.233 e. The second-order valence-electron chi connectivity index (χ2n) is 5.29. The van der Waals surface area contributed by atoms with E-state index < -0.39 is 0 Å². The van der Waals surface area contributed by atoms with Gasteiger partial charge in [0.1, 0.15) is 0 Å². The molecule has 8 heteroatoms. The fourth-order valence-corrected chi connectivity index (χ4v) is 2.51. The zero-order chi connectivity index (χ0) is 14.8. The molecule has 3 N–H and O–H groups in total. The van der Waals surface area contributed by atoms with Crippen LogP contribution in [0, 0.1) is 6.92 Å². The van der Waals surface area contributed by atoms with Crippen molar-refractivity contribution in [2.24, 2.45) is 7.05 Å². The van der Waals surface area contributed by atoms with Crippen molar-refractivity contribution in [3.05, 3.63) is 11.9 Å². The lowest BCUT2D eigenvalue weighted by atomic mass is 10.1. The fraction of sp³-hybridized carbons (Fsp3) is 0.538. The summed E-state index contributed by atoms with van der Waals surface area (Å²) in [7, 11) is 1.87. The number of nitrogens with zero attached hydrogens (tertiary/aromatic N) is 6. The summed E-state index contributed by atoms with van der Waals surface area (Å²) in [5.74, 6) is 1.33. The maximum atomic E-state index is 5.81. The monoisotopic (exact) mass is 288 g/mol. The number of hydrogen-bond donors (Lipinski definition) is 2. The summed E-state index contributed by atoms with van der Waals surface area (Å²) in [6.07, 6.45) is 5.47. The second-order valence-corrected chi connectivity index (χ2v) is 5.29. The van der Waals surface area contributed by atoms with E-state index in [1.165, 1.54) is 6.42 Å². The molecule has 112 valence electrons. The van der Waals surface area contributed by atoms with Crippen molar-refractivity contribution < 1.29 is 0 Å². The highest BCUT2D eigenvalue weighted by Crippen LogP contribution is 2.20. The highest BCUT2D eigenvalue weighted by atomic mass is 15.3. The van der Waals surface area contributed by atoms with Crippen molar-refractivity contribution in [1.29, 1.82) is 0 Å². The van der Waals surface area contributed by atoms with Crippen molar-refractivity contribution >= 4 is 23.5 Å². The van der Waals surface area contributed by atoms with Crippen LogP contribution in [0.4, 0.5) is 23.5 Å². The number of nitrogens with one attached hydrogen (secondary N) is 1. The van der Waals surface area contributed by atoms with Crippen LogP contribution in [0.1, 0.15) is 25.0 Å². The molecule has 3 rings (SSSR count). The number of aryl methyl sites for hydroxylation is 2. The van der Waals surface area contributed by atoms with Crippen molar-refractivity contribution in [3.8, 4) is 0 Å². The number of rotatable bonds is 3. The molecule has 0 saturated carbocycles. The van der Waals surface area contributed by atoms with Crippen LogP contribution in [0.5, 0.6) is 0 Å². The predicted octanol–water partition coefficient (Wildman–Crippen LogP) is 1.23. The highest BCUT2D eigenvalue weighted by molar-refractivity contribution is 5.57. The first kappa shape index (κ1) is 13.6. The Morgan fingerprint density at radius 2 is 1.90 bits per heavy atom. The summed E-state index contributed by atoms with van der Waals surface area (Å²) in [6.45, 7) is 3.86. The summed E-state index contributed by atoms with van der Waals surface area (Å²) < 4.78 is 1.74. The molecule has 0 bridgehead atoms. The summed E-state index contributed by atoms with van der Waals surface area (Å²) >= 11 is 0. The molecular formula is C13H20N8. The summed E-state index contributed by atoms with van der Waals surface area (Å²) in [4.78, 5) is 15.0. The smallest absolute Gasteiger partial charge is 0.233 e. The third-order valence-electron chi connectivity index (χ3n) is 3.54. The topological polar surface area (TPSA) is 97.8 Å². The molecule has 21 heavy (non-hydrogen) atoms. The molecule has 0 amide bonds. The Kier molecular flexibility index (Phi) is 3.59. The Bertz CT molecular complexity index is 629. The Morgan fingerprint density at radius 3 is 2.57 bits per heavy atom. The lowest BCUT2D eigenvalue weighted by Crippen LogP contribution is -2.31. The second kappa shape index (κ2) is 5.55. The number of hydrogen-bond acceptors (Lipinski definition) is 7. The summed E-state index contributed by atoms with van der Waals surface area (Å²) in [5.41, 5.74) is 7.57. The van der Waals surface area contributed by atoms with E-state index in [1.54, 1.807) is 4.68 Å². The van der Waals surface area contributed by atoms with Crippen LogP contribution < -0.4 is 16.0 Å². The van der Waals surface area contributed by atoms with E-state index >= 15 is 0 Å². The van der Waals surface area contributed by atoms with Gasteiger partial charge in [-0.1, -0.05) is 0 Å². The first-order valence-corrected chi connectivity index (χ1v) is 7.15. The lowest BCUT2D eigenvalue weighted by Gasteiger charge is -2.26. The van der Waals surface area contributed by atoms with E-state index in [0.29, 0.717) is 11.9 Å². The molecule has 2 aromatic rings. The van der Waals surface area contributed by atoms with Gasteiger partial charge >= 0.3 is 0 Å². The first-order chi connectivity index (χ1) is 10.1. The van der Waals surface area contributed by atoms with Gasteiger partial charge < -0.3 is 16.0 Å². The zero-order valence-corrected chi connectivity index (χ0v) is 12.4. The predicted molar refractivity (Wildman–Crippen MR) is 81.5 cm³/mol. The van der Waals surface area contributed by atoms with Gasteiger partial charge in [-0.15, -0.1) is 0 Å². The van der Waals surface area contributed by atoms with Gasteiger partial charge in [0, 0.05) is 26.3 Å². The van der Waals surface area contributed by atoms with Gasteiger partial charge in [-0.3, -0.25) is 4.68 Å². The van der Waals surface area contributed by atoms with Gasteiger partial charge in [-0.05, 0) is 26.2 Å². The van der Waals surface area contributed by atoms with Crippen LogP contribution >= 0.6 is 0 Å². The van der Waals surface area contributed by atoms with Gasteiger partial charge in [-0.2, -0.15) is 20.1 Å². The van der Waals surface area contributed by atoms with Crippen LogP contribution in [0.2, 0.25) is 0 Å². The molecule has 1 fully saturated rings. The molecule has 0 atom stereocenters. The largest absolute Gasteiger partial charge is 0.368 e. The van der Waals surface area contributed by atoms with Crippen molar-refractivity contribution in [3.63, 3.8) is 0 Å². The lowest BCUT2D eigenvalue weighted by molar-refractivity contribution is 0.568. The minimum atomic E-state index is 0.231. The maximum absolute atomic E-state index is 5.81. The van der Waals surface area contributed by atoms with Gasteiger partial charge in [0.2, 0.25) is 17.8 Å². The number of piperidine rings is 1. The molecule has 0 aliphatic carbocycles. The summed E-state index contributed by atoms with van der Waals surface area (Å²) in [6, 6.07) is 0. The Balaban J connectivity index is 1.85. The fourth-order valence-electron chi connectivity index (χ4n) is 2.51. The molecule has 1 saturated heterocycles. The molecule has 8 nitrogen and oxygen atoms in total. The van der Waals surface area contributed by atoms with E-state index in [1.807, 2.05) is 20.2 Å². The minimum absolute atomic E-state index is 0.231. The Morgan fingerprint density at radius 1 is 1.14 bits per heavy atom. The number of nitrogens with two attached hydrogens (primary N) is 1. The molecule has 3 heterocycles. The van der Waals surface area contributed by atoms with E-state index in [2.05, 4.69) is 30.3 Å². The average molecular weight is 288 g/mol. The van der Waals surface area contributed by atoms with Gasteiger partial charge in [0.15, 0.2) is 0 Å². The number of nitrogen functional groups attached to an aromatic ring is 1. The Hall–Kier alpha value is -2.38. The quantitative estimate of drug-likeness (QED) is 0.876. The molecular weight excluding hydrogens is 268 g/mol. The van der Waals surface area contributed by atoms with Gasteiger partial charge in [0.25, 0.3) is 0 Å². The van der Waals surface area contributed by atoms with Crippen LogP contribution in [-0.4, -0.2) is 37.8 Å². The molecule has 0 aromatic carbocycles. The number of aromatic nitrogens is 5. The van der Waals surface area contributed by atoms with Crippen LogP contribution in [0.3, 0.4) is 0 Å². The van der Waals surface area contributed by atoms with E-state index in [-0.39, 0.29) is 5.95 Å².